The van der Waals surface area contributed by atoms with Gasteiger partial charge in [-0.25, -0.2) is 0 Å². The van der Waals surface area contributed by atoms with Crippen LogP contribution in [0, 0.1) is 11.8 Å². The molecular weight excluding hydrogens is 268 g/mol. The summed E-state index contributed by atoms with van der Waals surface area (Å²) in [6.07, 6.45) is 0.528. The molecule has 21 heavy (non-hydrogen) atoms. The predicted octanol–water partition coefficient (Wildman–Crippen LogP) is 0.0504. The maximum atomic E-state index is 12.2. The van der Waals surface area contributed by atoms with E-state index in [-0.39, 0.29) is 24.3 Å². The lowest BCUT2D eigenvalue weighted by Gasteiger charge is -2.24. The fourth-order valence-electron chi connectivity index (χ4n) is 3.02. The van der Waals surface area contributed by atoms with E-state index in [2.05, 4.69) is 5.32 Å². The van der Waals surface area contributed by atoms with Crippen molar-refractivity contribution in [2.45, 2.75) is 38.0 Å². The van der Waals surface area contributed by atoms with Gasteiger partial charge in [0, 0.05) is 12.5 Å². The van der Waals surface area contributed by atoms with E-state index >= 15 is 0 Å². The van der Waals surface area contributed by atoms with Crippen molar-refractivity contribution < 1.29 is 15.0 Å². The Hall–Kier alpha value is -1.43. The lowest BCUT2D eigenvalue weighted by Crippen LogP contribution is -2.51. The van der Waals surface area contributed by atoms with Crippen molar-refractivity contribution in [3.63, 3.8) is 0 Å². The van der Waals surface area contributed by atoms with Gasteiger partial charge >= 0.3 is 0 Å². The minimum Gasteiger partial charge on any atom is -0.396 e. The number of amides is 1. The number of nitrogens with two attached hydrogens (primary N) is 1. The molecule has 5 heteroatoms. The van der Waals surface area contributed by atoms with Crippen LogP contribution < -0.4 is 11.1 Å². The van der Waals surface area contributed by atoms with Crippen LogP contribution in [0.15, 0.2) is 30.3 Å². The van der Waals surface area contributed by atoms with Crippen LogP contribution in [0.1, 0.15) is 18.9 Å². The second kappa shape index (κ2) is 7.02. The number of carbonyl (C=O) groups is 1. The normalized spacial score (nSPS) is 30.1. The average Bonchev–Trinajstić information content (AvgIpc) is 2.76. The van der Waals surface area contributed by atoms with Crippen LogP contribution in [-0.4, -0.2) is 40.9 Å². The Kier molecular flexibility index (Phi) is 5.33. The molecule has 1 saturated carbocycles. The summed E-state index contributed by atoms with van der Waals surface area (Å²) in [5, 5.41) is 22.3. The number of carbonyl (C=O) groups excluding carboxylic acids is 1. The fourth-order valence-corrected chi connectivity index (χ4v) is 3.02. The number of rotatable bonds is 5. The highest BCUT2D eigenvalue weighted by Gasteiger charge is 2.40. The molecule has 5 N–H and O–H groups in total. The lowest BCUT2D eigenvalue weighted by atomic mass is 10.0. The molecule has 5 atom stereocenters. The van der Waals surface area contributed by atoms with E-state index in [1.807, 2.05) is 37.3 Å². The van der Waals surface area contributed by atoms with Crippen LogP contribution in [0.25, 0.3) is 0 Å². The highest BCUT2D eigenvalue weighted by Crippen LogP contribution is 2.31. The first-order valence-electron chi connectivity index (χ1n) is 7.41. The molecule has 1 aromatic carbocycles. The van der Waals surface area contributed by atoms with E-state index < -0.39 is 18.2 Å². The number of aliphatic hydroxyl groups excluding tert-OH is 2. The Morgan fingerprint density at radius 2 is 2.10 bits per heavy atom. The third-order valence-electron chi connectivity index (χ3n) is 4.31. The summed E-state index contributed by atoms with van der Waals surface area (Å²) >= 11 is 0. The van der Waals surface area contributed by atoms with Crippen LogP contribution in [0.4, 0.5) is 0 Å². The summed E-state index contributed by atoms with van der Waals surface area (Å²) in [4.78, 5) is 12.2. The van der Waals surface area contributed by atoms with Gasteiger partial charge in [0.05, 0.1) is 18.2 Å². The maximum absolute atomic E-state index is 12.2. The Morgan fingerprint density at radius 3 is 2.71 bits per heavy atom. The minimum absolute atomic E-state index is 0.0414. The third kappa shape index (κ3) is 3.81. The van der Waals surface area contributed by atoms with E-state index in [9.17, 15) is 15.0 Å². The molecule has 2 rings (SSSR count). The van der Waals surface area contributed by atoms with Crippen molar-refractivity contribution >= 4 is 5.91 Å². The van der Waals surface area contributed by atoms with Gasteiger partial charge in [-0.3, -0.25) is 4.79 Å². The molecule has 0 heterocycles. The van der Waals surface area contributed by atoms with E-state index in [0.717, 1.165) is 5.56 Å². The molecule has 116 valence electrons. The smallest absolute Gasteiger partial charge is 0.237 e. The van der Waals surface area contributed by atoms with Gasteiger partial charge in [-0.1, -0.05) is 37.3 Å². The molecule has 0 saturated heterocycles. The van der Waals surface area contributed by atoms with Crippen molar-refractivity contribution in [2.24, 2.45) is 17.6 Å². The van der Waals surface area contributed by atoms with Crippen molar-refractivity contribution in [2.75, 3.05) is 6.61 Å². The number of nitrogens with one attached hydrogen (secondary N) is 1. The zero-order valence-corrected chi connectivity index (χ0v) is 12.3. The topological polar surface area (TPSA) is 95.6 Å². The summed E-state index contributed by atoms with van der Waals surface area (Å²) in [5.74, 6) is -0.323. The van der Waals surface area contributed by atoms with Gasteiger partial charge in [0.2, 0.25) is 5.91 Å². The Bertz CT molecular complexity index is 466. The first-order chi connectivity index (χ1) is 10.0. The van der Waals surface area contributed by atoms with Gasteiger partial charge in [-0.2, -0.15) is 0 Å². The second-order valence-electron chi connectivity index (χ2n) is 5.98. The molecule has 1 fully saturated rings. The fraction of sp³-hybridized carbons (Fsp3) is 0.562. The lowest BCUT2D eigenvalue weighted by molar-refractivity contribution is -0.124. The second-order valence-corrected chi connectivity index (χ2v) is 5.98. The minimum atomic E-state index is -0.658. The van der Waals surface area contributed by atoms with Crippen LogP contribution in [0.2, 0.25) is 0 Å². The summed E-state index contributed by atoms with van der Waals surface area (Å²) in [6.45, 7) is 1.88. The average molecular weight is 292 g/mol. The molecule has 1 aliphatic carbocycles. The van der Waals surface area contributed by atoms with Crippen molar-refractivity contribution in [1.29, 1.82) is 0 Å². The predicted molar refractivity (Wildman–Crippen MR) is 80.4 cm³/mol. The van der Waals surface area contributed by atoms with Gasteiger partial charge in [-0.15, -0.1) is 0 Å². The SMILES string of the molecule is C[C@@H]1C[C@H](CO)C(NC(=O)C(N)Cc2ccccc2)[C@@H]1O. The number of hydrogen-bond donors (Lipinski definition) is 4. The molecule has 0 aromatic heterocycles. The highest BCUT2D eigenvalue weighted by molar-refractivity contribution is 5.82. The summed E-state index contributed by atoms with van der Waals surface area (Å²) in [7, 11) is 0. The molecule has 0 radical (unpaired) electrons. The standard InChI is InChI=1S/C16H24N2O3/c1-10-7-12(9-19)14(15(10)20)18-16(21)13(17)8-11-5-3-2-4-6-11/h2-6,10,12-15,19-20H,7-9,17H2,1H3,(H,18,21)/t10-,12-,13?,14?,15-/m1/s1. The number of hydrogen-bond acceptors (Lipinski definition) is 4. The monoisotopic (exact) mass is 292 g/mol. The van der Waals surface area contributed by atoms with E-state index in [1.54, 1.807) is 0 Å². The molecule has 0 spiro atoms. The maximum Gasteiger partial charge on any atom is 0.237 e. The van der Waals surface area contributed by atoms with Gasteiger partial charge in [0.1, 0.15) is 0 Å². The number of aliphatic hydroxyl groups is 2. The van der Waals surface area contributed by atoms with Crippen LogP contribution in [0.3, 0.4) is 0 Å². The molecule has 1 aliphatic rings. The van der Waals surface area contributed by atoms with Gasteiger partial charge < -0.3 is 21.3 Å². The zero-order valence-electron chi connectivity index (χ0n) is 12.3. The van der Waals surface area contributed by atoms with Crippen molar-refractivity contribution in [1.82, 2.24) is 5.32 Å². The molecule has 0 aliphatic heterocycles. The van der Waals surface area contributed by atoms with E-state index in [0.29, 0.717) is 12.8 Å². The van der Waals surface area contributed by atoms with Crippen molar-refractivity contribution in [3.8, 4) is 0 Å². The molecular formula is C16H24N2O3. The molecule has 5 nitrogen and oxygen atoms in total. The van der Waals surface area contributed by atoms with Crippen LogP contribution in [-0.2, 0) is 11.2 Å². The first-order valence-corrected chi connectivity index (χ1v) is 7.41. The zero-order chi connectivity index (χ0) is 15.4. The largest absolute Gasteiger partial charge is 0.396 e. The third-order valence-corrected chi connectivity index (χ3v) is 4.31. The Labute approximate surface area is 125 Å². The van der Waals surface area contributed by atoms with Crippen LogP contribution in [0.5, 0.6) is 0 Å². The quantitative estimate of drug-likeness (QED) is 0.617. The molecule has 1 amide bonds. The van der Waals surface area contributed by atoms with Gasteiger partial charge in [-0.05, 0) is 24.3 Å². The Balaban J connectivity index is 1.94. The van der Waals surface area contributed by atoms with Gasteiger partial charge in [0.25, 0.3) is 0 Å². The summed E-state index contributed by atoms with van der Waals surface area (Å²) in [5.41, 5.74) is 6.94. The van der Waals surface area contributed by atoms with Crippen molar-refractivity contribution in [3.05, 3.63) is 35.9 Å². The summed E-state index contributed by atoms with van der Waals surface area (Å²) < 4.78 is 0. The first kappa shape index (κ1) is 15.9. The van der Waals surface area contributed by atoms with E-state index in [1.165, 1.54) is 0 Å². The summed E-state index contributed by atoms with van der Waals surface area (Å²) in [6, 6.07) is 8.51. The van der Waals surface area contributed by atoms with Crippen LogP contribution >= 0.6 is 0 Å². The highest BCUT2D eigenvalue weighted by atomic mass is 16.3. The molecule has 0 bridgehead atoms. The Morgan fingerprint density at radius 1 is 1.43 bits per heavy atom. The molecule has 2 unspecified atom stereocenters. The van der Waals surface area contributed by atoms with E-state index in [4.69, 9.17) is 5.73 Å². The number of benzene rings is 1. The molecule has 1 aromatic rings. The van der Waals surface area contributed by atoms with Gasteiger partial charge in [0.15, 0.2) is 0 Å².